The predicted octanol–water partition coefficient (Wildman–Crippen LogP) is -0.561. The minimum atomic E-state index is -0.781. The van der Waals surface area contributed by atoms with Gasteiger partial charge in [0, 0.05) is 13.0 Å². The van der Waals surface area contributed by atoms with Crippen molar-refractivity contribution < 1.29 is 14.3 Å². The highest BCUT2D eigenvalue weighted by atomic mass is 16.5. The number of hydrogen-bond acceptors (Lipinski definition) is 4. The Kier molecular flexibility index (Phi) is 4.73. The minimum absolute atomic E-state index is 0.180. The molecule has 88 valence electrons. The number of amides is 2. The minimum Gasteiger partial charge on any atom is -0.368 e. The van der Waals surface area contributed by atoms with Crippen LogP contribution in [0.1, 0.15) is 25.7 Å². The monoisotopic (exact) mass is 225 g/mol. The molecule has 2 amide bonds. The molecular formula is C10H15N3O3. The lowest BCUT2D eigenvalue weighted by atomic mass is 10.1. The maximum absolute atomic E-state index is 11.6. The maximum Gasteiger partial charge on any atom is 0.249 e. The quantitative estimate of drug-likeness (QED) is 0.654. The van der Waals surface area contributed by atoms with Gasteiger partial charge in [0.15, 0.2) is 0 Å². The van der Waals surface area contributed by atoms with Crippen molar-refractivity contribution in [1.29, 1.82) is 5.26 Å². The second kappa shape index (κ2) is 6.08. The van der Waals surface area contributed by atoms with Crippen molar-refractivity contribution in [3.8, 4) is 6.07 Å². The Bertz CT molecular complexity index is 305. The van der Waals surface area contributed by atoms with Crippen molar-refractivity contribution in [3.05, 3.63) is 0 Å². The van der Waals surface area contributed by atoms with Crippen molar-refractivity contribution >= 4 is 11.8 Å². The van der Waals surface area contributed by atoms with Gasteiger partial charge in [-0.15, -0.1) is 0 Å². The van der Waals surface area contributed by atoms with E-state index in [0.717, 1.165) is 6.42 Å². The third-order valence-corrected chi connectivity index (χ3v) is 2.43. The fraction of sp³-hybridized carbons (Fsp3) is 0.700. The Balaban J connectivity index is 2.44. The van der Waals surface area contributed by atoms with E-state index in [2.05, 4.69) is 5.32 Å². The zero-order valence-electron chi connectivity index (χ0n) is 8.94. The molecule has 1 saturated heterocycles. The average molecular weight is 225 g/mol. The van der Waals surface area contributed by atoms with Crippen LogP contribution in [0.25, 0.3) is 0 Å². The molecule has 0 aliphatic carbocycles. The largest absolute Gasteiger partial charge is 0.368 e. The fourth-order valence-electron chi connectivity index (χ4n) is 1.54. The van der Waals surface area contributed by atoms with E-state index in [9.17, 15) is 9.59 Å². The number of hydrogen-bond donors (Lipinski definition) is 2. The summed E-state index contributed by atoms with van der Waals surface area (Å²) in [6.45, 7) is 0.567. The van der Waals surface area contributed by atoms with Gasteiger partial charge in [0.2, 0.25) is 11.8 Å². The summed E-state index contributed by atoms with van der Waals surface area (Å²) in [5, 5.41) is 10.9. The number of carbonyl (C=O) groups excluding carboxylic acids is 2. The molecule has 6 nitrogen and oxygen atoms in total. The van der Waals surface area contributed by atoms with E-state index < -0.39 is 18.1 Å². The molecule has 0 radical (unpaired) electrons. The standard InChI is InChI=1S/C10H15N3O3/c11-5-1-3-7(9(12)14)13-10(15)8-4-2-6-16-8/h7-8H,1-4,6H2,(H2,12,14)(H,13,15)/t7-,8+/m1/s1. The molecule has 3 N–H and O–H groups in total. The number of carbonyl (C=O) groups is 2. The van der Waals surface area contributed by atoms with Gasteiger partial charge < -0.3 is 15.8 Å². The lowest BCUT2D eigenvalue weighted by molar-refractivity contribution is -0.133. The van der Waals surface area contributed by atoms with Gasteiger partial charge in [-0.3, -0.25) is 9.59 Å². The highest BCUT2D eigenvalue weighted by molar-refractivity contribution is 5.88. The Labute approximate surface area is 93.7 Å². The smallest absolute Gasteiger partial charge is 0.249 e. The van der Waals surface area contributed by atoms with Gasteiger partial charge in [-0.2, -0.15) is 5.26 Å². The fourth-order valence-corrected chi connectivity index (χ4v) is 1.54. The van der Waals surface area contributed by atoms with E-state index in [0.29, 0.717) is 13.0 Å². The highest BCUT2D eigenvalue weighted by Crippen LogP contribution is 2.12. The summed E-state index contributed by atoms with van der Waals surface area (Å²) in [6.07, 6.45) is 1.44. The number of nitriles is 1. The van der Waals surface area contributed by atoms with Crippen LogP contribution in [0.3, 0.4) is 0 Å². The molecule has 0 spiro atoms. The zero-order chi connectivity index (χ0) is 12.0. The first kappa shape index (κ1) is 12.5. The molecular weight excluding hydrogens is 210 g/mol. The van der Waals surface area contributed by atoms with Gasteiger partial charge in [0.25, 0.3) is 0 Å². The number of nitrogens with two attached hydrogens (primary N) is 1. The van der Waals surface area contributed by atoms with Crippen molar-refractivity contribution in [3.63, 3.8) is 0 Å². The predicted molar refractivity (Wildman–Crippen MR) is 54.9 cm³/mol. The molecule has 0 bridgehead atoms. The third-order valence-electron chi connectivity index (χ3n) is 2.43. The topological polar surface area (TPSA) is 105 Å². The van der Waals surface area contributed by atoms with Crippen molar-refractivity contribution in [2.24, 2.45) is 5.73 Å². The Morgan fingerprint density at radius 2 is 2.38 bits per heavy atom. The van der Waals surface area contributed by atoms with Crippen LogP contribution < -0.4 is 11.1 Å². The lowest BCUT2D eigenvalue weighted by Crippen LogP contribution is -2.47. The summed E-state index contributed by atoms with van der Waals surface area (Å²) in [5.74, 6) is -0.944. The van der Waals surface area contributed by atoms with Crippen molar-refractivity contribution in [2.75, 3.05) is 6.61 Å². The second-order valence-corrected chi connectivity index (χ2v) is 3.66. The first-order valence-corrected chi connectivity index (χ1v) is 5.23. The average Bonchev–Trinajstić information content (AvgIpc) is 2.76. The molecule has 1 fully saturated rings. The molecule has 2 atom stereocenters. The summed E-state index contributed by atoms with van der Waals surface area (Å²) in [6, 6.07) is 1.12. The van der Waals surface area contributed by atoms with Crippen molar-refractivity contribution in [1.82, 2.24) is 5.32 Å². The molecule has 0 aromatic carbocycles. The number of nitrogens with one attached hydrogen (secondary N) is 1. The van der Waals surface area contributed by atoms with Crippen LogP contribution >= 0.6 is 0 Å². The van der Waals surface area contributed by atoms with Crippen LogP contribution in [0.5, 0.6) is 0 Å². The van der Waals surface area contributed by atoms with Crippen LogP contribution in [0.15, 0.2) is 0 Å². The molecule has 6 heteroatoms. The third kappa shape index (κ3) is 3.51. The number of primary amides is 1. The first-order valence-electron chi connectivity index (χ1n) is 5.23. The summed E-state index contributed by atoms with van der Waals surface area (Å²) in [7, 11) is 0. The summed E-state index contributed by atoms with van der Waals surface area (Å²) in [5.41, 5.74) is 5.12. The normalized spacial score (nSPS) is 21.1. The lowest BCUT2D eigenvalue weighted by Gasteiger charge is -2.16. The SMILES string of the molecule is N#CCC[C@@H](NC(=O)[C@@H]1CCCO1)C(N)=O. The van der Waals surface area contributed by atoms with Gasteiger partial charge in [0.1, 0.15) is 12.1 Å². The van der Waals surface area contributed by atoms with Gasteiger partial charge in [-0.25, -0.2) is 0 Å². The van der Waals surface area contributed by atoms with E-state index in [1.54, 1.807) is 0 Å². The van der Waals surface area contributed by atoms with E-state index in [-0.39, 0.29) is 18.7 Å². The number of nitrogens with zero attached hydrogens (tertiary/aromatic N) is 1. The highest BCUT2D eigenvalue weighted by Gasteiger charge is 2.27. The maximum atomic E-state index is 11.6. The van der Waals surface area contributed by atoms with Crippen LogP contribution in [0.4, 0.5) is 0 Å². The van der Waals surface area contributed by atoms with Gasteiger partial charge >= 0.3 is 0 Å². The van der Waals surface area contributed by atoms with Gasteiger partial charge in [-0.1, -0.05) is 0 Å². The molecule has 0 unspecified atom stereocenters. The summed E-state index contributed by atoms with van der Waals surface area (Å²) in [4.78, 5) is 22.6. The Morgan fingerprint density at radius 1 is 1.62 bits per heavy atom. The Morgan fingerprint density at radius 3 is 2.88 bits per heavy atom. The van der Waals surface area contributed by atoms with Gasteiger partial charge in [-0.05, 0) is 19.3 Å². The van der Waals surface area contributed by atoms with E-state index in [1.165, 1.54) is 0 Å². The zero-order valence-corrected chi connectivity index (χ0v) is 8.94. The molecule has 1 aliphatic rings. The molecule has 0 aromatic rings. The molecule has 0 aromatic heterocycles. The summed E-state index contributed by atoms with van der Waals surface area (Å²) >= 11 is 0. The van der Waals surface area contributed by atoms with Crippen molar-refractivity contribution in [2.45, 2.75) is 37.8 Å². The molecule has 16 heavy (non-hydrogen) atoms. The first-order chi connectivity index (χ1) is 7.65. The molecule has 1 aliphatic heterocycles. The molecule has 1 rings (SSSR count). The van der Waals surface area contributed by atoms with E-state index >= 15 is 0 Å². The van der Waals surface area contributed by atoms with Crippen LogP contribution in [-0.4, -0.2) is 30.6 Å². The second-order valence-electron chi connectivity index (χ2n) is 3.66. The molecule has 1 heterocycles. The number of ether oxygens (including phenoxy) is 1. The summed E-state index contributed by atoms with van der Waals surface area (Å²) < 4.78 is 5.17. The van der Waals surface area contributed by atoms with E-state index in [1.807, 2.05) is 6.07 Å². The molecule has 0 saturated carbocycles. The number of rotatable bonds is 5. The van der Waals surface area contributed by atoms with Crippen LogP contribution in [-0.2, 0) is 14.3 Å². The van der Waals surface area contributed by atoms with Crippen LogP contribution in [0.2, 0.25) is 0 Å². The van der Waals surface area contributed by atoms with Crippen LogP contribution in [0, 0.1) is 11.3 Å². The Hall–Kier alpha value is -1.61. The van der Waals surface area contributed by atoms with E-state index in [4.69, 9.17) is 15.7 Å². The van der Waals surface area contributed by atoms with Gasteiger partial charge in [0.05, 0.1) is 6.07 Å².